The van der Waals surface area contributed by atoms with Gasteiger partial charge in [0, 0.05) is 13.3 Å². The first-order valence-corrected chi connectivity index (χ1v) is 8.55. The summed E-state index contributed by atoms with van der Waals surface area (Å²) in [6.07, 6.45) is 0.851. The summed E-state index contributed by atoms with van der Waals surface area (Å²) >= 11 is 0. The maximum Gasteiger partial charge on any atom is 0.228 e. The number of carbonyl (C=O) groups excluding carboxylic acids is 1. The van der Waals surface area contributed by atoms with Gasteiger partial charge in [-0.15, -0.1) is 0 Å². The van der Waals surface area contributed by atoms with E-state index in [4.69, 9.17) is 0 Å². The summed E-state index contributed by atoms with van der Waals surface area (Å²) in [4.78, 5) is 14.4. The minimum absolute atomic E-state index is 0.0489. The minimum atomic E-state index is 0.0489. The lowest BCUT2D eigenvalue weighted by atomic mass is 9.91. The van der Waals surface area contributed by atoms with E-state index in [1.807, 2.05) is 17.0 Å². The van der Waals surface area contributed by atoms with Gasteiger partial charge in [-0.05, 0) is 56.9 Å². The van der Waals surface area contributed by atoms with Crippen LogP contribution in [-0.2, 0) is 11.2 Å². The highest BCUT2D eigenvalue weighted by molar-refractivity contribution is 6.06. The van der Waals surface area contributed by atoms with Gasteiger partial charge in [0.15, 0.2) is 0 Å². The fourth-order valence-corrected chi connectivity index (χ4v) is 3.92. The van der Waals surface area contributed by atoms with Crippen molar-refractivity contribution in [2.45, 2.75) is 13.3 Å². The largest absolute Gasteiger partial charge is 0.281 e. The fourth-order valence-electron chi connectivity index (χ4n) is 3.92. The highest BCUT2D eigenvalue weighted by Gasteiger charge is 2.26. The minimum Gasteiger partial charge on any atom is -0.281 e. The number of benzene rings is 4. The Kier molecular flexibility index (Phi) is 2.95. The van der Waals surface area contributed by atoms with Crippen molar-refractivity contribution in [2.75, 3.05) is 4.90 Å². The van der Waals surface area contributed by atoms with Crippen molar-refractivity contribution in [3.05, 3.63) is 83.9 Å². The van der Waals surface area contributed by atoms with Crippen LogP contribution in [0.25, 0.3) is 21.5 Å². The Morgan fingerprint density at radius 1 is 0.720 bits per heavy atom. The third-order valence-electron chi connectivity index (χ3n) is 5.07. The molecule has 0 aromatic heterocycles. The van der Waals surface area contributed by atoms with E-state index in [0.717, 1.165) is 28.6 Å². The van der Waals surface area contributed by atoms with Crippen LogP contribution in [0.3, 0.4) is 0 Å². The number of amides is 1. The first-order chi connectivity index (χ1) is 12.2. The van der Waals surface area contributed by atoms with Crippen LogP contribution in [0, 0.1) is 0 Å². The molecule has 0 radical (unpaired) electrons. The van der Waals surface area contributed by atoms with E-state index in [-0.39, 0.29) is 5.91 Å². The standard InChI is InChI=1S/C23H17NO/c1-15(25)24-22-13-18-8-4-2-6-16(18)10-20(22)12-21-11-17-7-3-5-9-19(17)14-23(21)24/h2-11,13-14H,12H2,1H3. The molecule has 5 rings (SSSR count). The second-order valence-corrected chi connectivity index (χ2v) is 6.69. The maximum absolute atomic E-state index is 12.5. The topological polar surface area (TPSA) is 20.3 Å². The number of hydrogen-bond donors (Lipinski definition) is 0. The Morgan fingerprint density at radius 3 is 1.52 bits per heavy atom. The van der Waals surface area contributed by atoms with Gasteiger partial charge in [-0.1, -0.05) is 48.5 Å². The molecule has 0 aliphatic carbocycles. The molecule has 1 aliphatic heterocycles. The predicted octanol–water partition coefficient (Wildman–Crippen LogP) is 5.58. The van der Waals surface area contributed by atoms with Crippen LogP contribution in [0.1, 0.15) is 18.1 Å². The van der Waals surface area contributed by atoms with Crippen molar-refractivity contribution in [2.24, 2.45) is 0 Å². The monoisotopic (exact) mass is 323 g/mol. The van der Waals surface area contributed by atoms with Crippen molar-refractivity contribution >= 4 is 38.8 Å². The summed E-state index contributed by atoms with van der Waals surface area (Å²) in [5.74, 6) is 0.0489. The number of fused-ring (bicyclic) bond motifs is 4. The number of nitrogens with zero attached hydrogens (tertiary/aromatic N) is 1. The third-order valence-corrected chi connectivity index (χ3v) is 5.07. The lowest BCUT2D eigenvalue weighted by Crippen LogP contribution is -2.28. The quantitative estimate of drug-likeness (QED) is 0.413. The van der Waals surface area contributed by atoms with Crippen LogP contribution in [0.2, 0.25) is 0 Å². The summed E-state index contributed by atoms with van der Waals surface area (Å²) in [6.45, 7) is 1.64. The van der Waals surface area contributed by atoms with Crippen molar-refractivity contribution in [1.29, 1.82) is 0 Å². The van der Waals surface area contributed by atoms with Gasteiger partial charge >= 0.3 is 0 Å². The van der Waals surface area contributed by atoms with Gasteiger partial charge in [0.1, 0.15) is 0 Å². The second kappa shape index (κ2) is 5.18. The van der Waals surface area contributed by atoms with E-state index in [1.165, 1.54) is 21.9 Å². The molecule has 0 saturated carbocycles. The maximum atomic E-state index is 12.5. The fraction of sp³-hybridized carbons (Fsp3) is 0.0870. The molecule has 0 fully saturated rings. The Bertz CT molecular complexity index is 1070. The average molecular weight is 323 g/mol. The third kappa shape index (κ3) is 2.14. The van der Waals surface area contributed by atoms with E-state index in [9.17, 15) is 4.79 Å². The summed E-state index contributed by atoms with van der Waals surface area (Å²) in [5, 5.41) is 4.76. The number of hydrogen-bond acceptors (Lipinski definition) is 1. The van der Waals surface area contributed by atoms with Gasteiger partial charge in [-0.2, -0.15) is 0 Å². The van der Waals surface area contributed by atoms with Crippen LogP contribution in [0.5, 0.6) is 0 Å². The molecular weight excluding hydrogens is 306 g/mol. The normalized spacial score (nSPS) is 12.9. The second-order valence-electron chi connectivity index (χ2n) is 6.69. The number of rotatable bonds is 0. The SMILES string of the molecule is CC(=O)N1c2cc3ccccc3cc2Cc2cc3ccccc3cc21. The van der Waals surface area contributed by atoms with Crippen LogP contribution in [0.15, 0.2) is 72.8 Å². The van der Waals surface area contributed by atoms with E-state index in [1.54, 1.807) is 6.92 Å². The Balaban J connectivity index is 1.81. The molecule has 1 aliphatic rings. The van der Waals surface area contributed by atoms with Gasteiger partial charge < -0.3 is 0 Å². The molecule has 120 valence electrons. The predicted molar refractivity (Wildman–Crippen MR) is 104 cm³/mol. The highest BCUT2D eigenvalue weighted by Crippen LogP contribution is 2.42. The van der Waals surface area contributed by atoms with Crippen molar-refractivity contribution in [3.63, 3.8) is 0 Å². The van der Waals surface area contributed by atoms with Gasteiger partial charge in [-0.3, -0.25) is 9.69 Å². The Morgan fingerprint density at radius 2 is 1.12 bits per heavy atom. The highest BCUT2D eigenvalue weighted by atomic mass is 16.2. The first kappa shape index (κ1) is 14.2. The van der Waals surface area contributed by atoms with E-state index < -0.39 is 0 Å². The molecular formula is C23H17NO. The molecule has 1 heterocycles. The lowest BCUT2D eigenvalue weighted by Gasteiger charge is -2.32. The Hall–Kier alpha value is -3.13. The molecule has 25 heavy (non-hydrogen) atoms. The Labute approximate surface area is 146 Å². The van der Waals surface area contributed by atoms with Crippen LogP contribution < -0.4 is 4.90 Å². The van der Waals surface area contributed by atoms with Crippen LogP contribution in [0.4, 0.5) is 11.4 Å². The van der Waals surface area contributed by atoms with E-state index in [0.29, 0.717) is 0 Å². The van der Waals surface area contributed by atoms with Crippen LogP contribution in [-0.4, -0.2) is 5.91 Å². The molecule has 0 unspecified atom stereocenters. The lowest BCUT2D eigenvalue weighted by molar-refractivity contribution is -0.115. The molecule has 0 atom stereocenters. The van der Waals surface area contributed by atoms with Crippen molar-refractivity contribution < 1.29 is 4.79 Å². The molecule has 0 saturated heterocycles. The van der Waals surface area contributed by atoms with Gasteiger partial charge in [0.05, 0.1) is 11.4 Å². The molecule has 2 nitrogen and oxygen atoms in total. The molecule has 2 heteroatoms. The van der Waals surface area contributed by atoms with Gasteiger partial charge in [0.2, 0.25) is 5.91 Å². The zero-order valence-corrected chi connectivity index (χ0v) is 14.0. The molecule has 1 amide bonds. The summed E-state index contributed by atoms with van der Waals surface area (Å²) < 4.78 is 0. The zero-order valence-electron chi connectivity index (χ0n) is 14.0. The molecule has 4 aromatic carbocycles. The molecule has 0 N–H and O–H groups in total. The molecule has 4 aromatic rings. The van der Waals surface area contributed by atoms with Gasteiger partial charge in [-0.25, -0.2) is 0 Å². The average Bonchev–Trinajstić information content (AvgIpc) is 2.62. The molecule has 0 spiro atoms. The summed E-state index contributed by atoms with van der Waals surface area (Å²) in [5.41, 5.74) is 4.43. The van der Waals surface area contributed by atoms with E-state index >= 15 is 0 Å². The number of anilines is 2. The van der Waals surface area contributed by atoms with Gasteiger partial charge in [0.25, 0.3) is 0 Å². The van der Waals surface area contributed by atoms with Crippen molar-refractivity contribution in [3.8, 4) is 0 Å². The van der Waals surface area contributed by atoms with Crippen molar-refractivity contribution in [1.82, 2.24) is 0 Å². The van der Waals surface area contributed by atoms with Crippen LogP contribution >= 0.6 is 0 Å². The smallest absolute Gasteiger partial charge is 0.228 e. The number of carbonyl (C=O) groups is 1. The first-order valence-electron chi connectivity index (χ1n) is 8.55. The van der Waals surface area contributed by atoms with E-state index in [2.05, 4.69) is 60.7 Å². The summed E-state index contributed by atoms with van der Waals surface area (Å²) in [7, 11) is 0. The molecule has 0 bridgehead atoms. The zero-order chi connectivity index (χ0) is 17.0. The summed E-state index contributed by atoms with van der Waals surface area (Å²) in [6, 6.07) is 25.4.